The van der Waals surface area contributed by atoms with Gasteiger partial charge in [-0.2, -0.15) is 0 Å². The van der Waals surface area contributed by atoms with Gasteiger partial charge in [0, 0.05) is 71.2 Å². The van der Waals surface area contributed by atoms with Crippen LogP contribution in [0.15, 0.2) is 216 Å². The minimum absolute atomic E-state index is 1.07. The molecule has 428 valence electrons. The summed E-state index contributed by atoms with van der Waals surface area (Å²) < 4.78 is 119. The molecule has 0 aromatic heterocycles. The SMILES string of the molecule is CCCCc1ccc(N(c2ccc(/C=C/c3ccc(N(c4ccc(CCCC)cc4)c4cccc([SH+]CCc5ccccc5)c4)cc3)cc2)c2cccc([SH+]CCc3ccccc3)c2)cc1.[F][Sb-]([F])([F])([F])([F])[F].[F][Sb-]([F])([F])([F])([F])[F]. The predicted molar refractivity (Wildman–Crippen MR) is 317 cm³/mol. The summed E-state index contributed by atoms with van der Waals surface area (Å²) in [6.07, 6.45) is 13.7. The maximum absolute atomic E-state index is 11.2. The van der Waals surface area contributed by atoms with E-state index in [1.54, 1.807) is 0 Å². The van der Waals surface area contributed by atoms with Gasteiger partial charge in [0.05, 0.1) is 11.4 Å². The van der Waals surface area contributed by atoms with Crippen molar-refractivity contribution in [1.82, 2.24) is 0 Å². The van der Waals surface area contributed by atoms with E-state index in [2.05, 4.69) is 242 Å². The van der Waals surface area contributed by atoms with E-state index in [-0.39, 0.29) is 0 Å². The molecule has 80 heavy (non-hydrogen) atoms. The molecule has 8 rings (SSSR count). The van der Waals surface area contributed by atoms with Gasteiger partial charge in [0.2, 0.25) is 0 Å². The second-order valence-electron chi connectivity index (χ2n) is 18.9. The van der Waals surface area contributed by atoms with E-state index in [1.165, 1.54) is 115 Å². The summed E-state index contributed by atoms with van der Waals surface area (Å²) in [6, 6.07) is 76.1. The van der Waals surface area contributed by atoms with Crippen LogP contribution >= 0.6 is 0 Å². The number of anilines is 6. The molecule has 0 amide bonds. The summed E-state index contributed by atoms with van der Waals surface area (Å²) in [5.41, 5.74) is 14.9. The first-order valence-corrected chi connectivity index (χ1v) is 39.7. The van der Waals surface area contributed by atoms with Crippen LogP contribution in [0, 0.1) is 0 Å². The Morgan fingerprint density at radius 2 is 0.613 bits per heavy atom. The Bertz CT molecular complexity index is 2970. The van der Waals surface area contributed by atoms with Crippen LogP contribution in [-0.2, 0) is 49.2 Å². The third-order valence-electron chi connectivity index (χ3n) is 12.0. The van der Waals surface area contributed by atoms with Crippen molar-refractivity contribution in [3.63, 3.8) is 0 Å². The Labute approximate surface area is 474 Å². The van der Waals surface area contributed by atoms with Crippen molar-refractivity contribution in [2.45, 2.75) is 75.0 Å². The van der Waals surface area contributed by atoms with E-state index >= 15 is 0 Å². The molecule has 0 fully saturated rings. The molecule has 0 unspecified atom stereocenters. The first-order valence-electron chi connectivity index (χ1n) is 25.9. The number of nitrogens with zero attached hydrogens (tertiary/aromatic N) is 2. The fourth-order valence-corrected chi connectivity index (χ4v) is 10.4. The van der Waals surface area contributed by atoms with Crippen LogP contribution < -0.4 is 9.80 Å². The summed E-state index contributed by atoms with van der Waals surface area (Å²) in [6.45, 7) is 4.52. The van der Waals surface area contributed by atoms with Crippen LogP contribution in [0.2, 0.25) is 0 Å². The van der Waals surface area contributed by atoms with Crippen molar-refractivity contribution >= 4 is 109 Å². The molecule has 0 aliphatic heterocycles. The molecule has 8 aromatic rings. The van der Waals surface area contributed by atoms with Crippen molar-refractivity contribution in [2.24, 2.45) is 0 Å². The van der Waals surface area contributed by atoms with E-state index in [4.69, 9.17) is 0 Å². The zero-order chi connectivity index (χ0) is 58.0. The zero-order valence-electron chi connectivity index (χ0n) is 44.1. The second-order valence-corrected chi connectivity index (χ2v) is 32.4. The topological polar surface area (TPSA) is 6.48 Å². The van der Waals surface area contributed by atoms with Crippen LogP contribution in [0.4, 0.5) is 67.9 Å². The minimum atomic E-state index is -11.2. The number of aryl methyl sites for hydroxylation is 4. The number of hydrogen-bond donors (Lipinski definition) is 0. The number of unbranched alkanes of at least 4 members (excludes halogenated alkanes) is 2. The molecule has 0 atom stereocenters. The molecular formula is C62H64F12N2S2Sb2. The summed E-state index contributed by atoms with van der Waals surface area (Å²) in [5, 5.41) is 0. The quantitative estimate of drug-likeness (QED) is 0.0219. The fourth-order valence-electron chi connectivity index (χ4n) is 8.32. The molecule has 0 saturated heterocycles. The van der Waals surface area contributed by atoms with Gasteiger partial charge in [-0.15, -0.1) is 0 Å². The number of benzene rings is 8. The van der Waals surface area contributed by atoms with Gasteiger partial charge in [0.15, 0.2) is 9.79 Å². The molecule has 8 aromatic carbocycles. The van der Waals surface area contributed by atoms with Crippen molar-refractivity contribution in [3.05, 3.63) is 240 Å². The molecule has 0 bridgehead atoms. The molecule has 0 saturated carbocycles. The average Bonchev–Trinajstić information content (AvgIpc) is 3.53. The third kappa shape index (κ3) is 26.0. The first-order chi connectivity index (χ1) is 37.5. The van der Waals surface area contributed by atoms with Gasteiger partial charge < -0.3 is 9.80 Å². The van der Waals surface area contributed by atoms with Gasteiger partial charge in [-0.3, -0.25) is 0 Å². The summed E-state index contributed by atoms with van der Waals surface area (Å²) >= 11 is -19.8. The van der Waals surface area contributed by atoms with Crippen molar-refractivity contribution in [3.8, 4) is 0 Å². The normalized spacial score (nSPS) is 13.3. The van der Waals surface area contributed by atoms with Gasteiger partial charge >= 0.3 is 72.7 Å². The zero-order valence-corrected chi connectivity index (χ0v) is 51.0. The number of thiol groups is 2. The Balaban J connectivity index is 0.000000653. The van der Waals surface area contributed by atoms with Gasteiger partial charge in [-0.1, -0.05) is 160 Å². The Hall–Kier alpha value is -5.40. The summed E-state index contributed by atoms with van der Waals surface area (Å²) in [4.78, 5) is 7.47. The predicted octanol–water partition coefficient (Wildman–Crippen LogP) is 20.6. The van der Waals surface area contributed by atoms with E-state index in [0.29, 0.717) is 0 Å². The average molecular weight is 1370 g/mol. The molecule has 0 aliphatic rings. The summed E-state index contributed by atoms with van der Waals surface area (Å²) in [5.74, 6) is 2.19. The van der Waals surface area contributed by atoms with Crippen molar-refractivity contribution in [2.75, 3.05) is 21.3 Å². The third-order valence-corrected chi connectivity index (χ3v) is 14.2. The van der Waals surface area contributed by atoms with Crippen molar-refractivity contribution < 1.29 is 33.8 Å². The molecule has 18 heteroatoms. The standard InChI is InChI=1S/C62H62N2S2.12FH.2Sb/c1-3-5-15-51-27-35-55(36-28-51)63(59-21-13-23-61(47-59)65-45-43-49-17-9-7-10-18-49)57-39-31-53(32-40-57)25-26-54-33-41-58(42-34-54)64(56-37-29-52(30-38-56)16-6-4-2)60-22-14-24-62(48-60)66-46-44-50-19-11-8-12-20-50;;;;;;;;;;;;;;/h7-14,17-42,47-48H,3-6,15-16,43-46H2,1-2H3;12*1H;;/q;;;;;;;;;;;;;2*+5/p-10/b26-25+;;;;;;;;;;;;;;. The monoisotopic (exact) mass is 1370 g/mol. The number of hydrogen-bond acceptors (Lipinski definition) is 2. The Morgan fingerprint density at radius 3 is 0.912 bits per heavy atom. The van der Waals surface area contributed by atoms with Crippen LogP contribution in [0.3, 0.4) is 0 Å². The van der Waals surface area contributed by atoms with E-state index in [1.807, 2.05) is 0 Å². The van der Waals surface area contributed by atoms with Gasteiger partial charge in [0.25, 0.3) is 0 Å². The first kappa shape index (κ1) is 63.8. The molecule has 0 N–H and O–H groups in total. The van der Waals surface area contributed by atoms with Crippen LogP contribution in [0.5, 0.6) is 0 Å². The van der Waals surface area contributed by atoms with Gasteiger partial charge in [-0.25, -0.2) is 0 Å². The van der Waals surface area contributed by atoms with E-state index in [9.17, 15) is 33.8 Å². The van der Waals surface area contributed by atoms with E-state index < -0.39 is 39.0 Å². The number of rotatable bonds is 22. The fraction of sp³-hybridized carbons (Fsp3) is 0.194. The van der Waals surface area contributed by atoms with Crippen LogP contribution in [0.25, 0.3) is 12.2 Å². The van der Waals surface area contributed by atoms with Crippen LogP contribution in [0.1, 0.15) is 72.9 Å². The Kier molecular flexibility index (Phi) is 21.3. The Morgan fingerprint density at radius 1 is 0.325 bits per heavy atom. The second kappa shape index (κ2) is 26.7. The van der Waals surface area contributed by atoms with Gasteiger partial charge in [-0.05, 0) is 132 Å². The van der Waals surface area contributed by atoms with Crippen LogP contribution in [-0.4, -0.2) is 50.5 Å². The molecule has 2 nitrogen and oxygen atoms in total. The molecule has 0 heterocycles. The molecular weight excluding hydrogens is 1310 g/mol. The molecule has 0 radical (unpaired) electrons. The maximum atomic E-state index is 9.93. The summed E-state index contributed by atoms with van der Waals surface area (Å²) in [7, 11) is 0. The van der Waals surface area contributed by atoms with E-state index in [0.717, 1.165) is 48.6 Å². The molecule has 0 spiro atoms. The van der Waals surface area contributed by atoms with Gasteiger partial charge in [0.1, 0.15) is 11.5 Å². The van der Waals surface area contributed by atoms with Crippen molar-refractivity contribution in [1.29, 1.82) is 0 Å². The number of halogens is 12. The molecule has 0 aliphatic carbocycles.